The van der Waals surface area contributed by atoms with Crippen molar-refractivity contribution in [3.05, 3.63) is 534 Å². The van der Waals surface area contributed by atoms with Crippen LogP contribution < -0.4 is 14.7 Å². The molecule has 0 bridgehead atoms. The van der Waals surface area contributed by atoms with Gasteiger partial charge in [0.1, 0.15) is 11.2 Å². The number of benzene rings is 20. The minimum absolute atomic E-state index is 0.494. The maximum Gasteiger partial charge on any atom is 0.136 e. The highest BCUT2D eigenvalue weighted by molar-refractivity contribution is 7.25. The first kappa shape index (κ1) is 80.4. The highest BCUT2D eigenvalue weighted by Crippen LogP contribution is 2.57. The molecule has 4 nitrogen and oxygen atoms in total. The van der Waals surface area contributed by atoms with Gasteiger partial charge in [-0.15, -0.1) is 11.3 Å². The van der Waals surface area contributed by atoms with E-state index >= 15 is 0 Å². The molecule has 1 aliphatic rings. The van der Waals surface area contributed by atoms with Gasteiger partial charge in [0.05, 0.1) is 5.41 Å². The molecule has 0 fully saturated rings. The third kappa shape index (κ3) is 15.3. The number of hydrogen-bond donors (Lipinski definition) is 0. The molecular weight excluding hydrogens is 1620 g/mol. The highest BCUT2D eigenvalue weighted by atomic mass is 32.1. The van der Waals surface area contributed by atoms with E-state index < -0.39 is 5.41 Å². The summed E-state index contributed by atoms with van der Waals surface area (Å²) in [6, 6.07) is 173. The summed E-state index contributed by atoms with van der Waals surface area (Å²) < 4.78 is 9.05. The number of hydrogen-bond acceptors (Lipinski definition) is 5. The molecule has 1 aliphatic carbocycles. The number of fused-ring (bicyclic) bond motifs is 9. The fourth-order valence-corrected chi connectivity index (χ4v) is 21.8. The number of nitrogens with zero attached hydrogens (tertiary/aromatic N) is 3. The van der Waals surface area contributed by atoms with Gasteiger partial charge in [0.25, 0.3) is 0 Å². The van der Waals surface area contributed by atoms with Crippen molar-refractivity contribution in [1.82, 2.24) is 0 Å². The van der Waals surface area contributed by atoms with E-state index in [2.05, 4.69) is 497 Å². The van der Waals surface area contributed by atoms with Crippen LogP contribution in [0, 0.1) is 27.7 Å². The standard InChI is InChI=1S/C127H93N3OS/c1-84-68-85(2)72-112(71-84)128(107-63-48-98(49-64-107)103-52-67-120-119-34-16-19-37-125(119)132-126(120)83-103)106-55-40-94(41-56-106)99-26-20-22-88(77-99)76-91-70-87(4)74-114(80-91)130(111-61-46-97(47-62-111)102-51-66-118-117-33-15-18-36-123(117)131-124(118)82-102)109-57-42-95(43-58-109)100-27-21-23-89(78-100)75-90-69-86(3)73-113(79-90)129(108-53-38-93(39-54-108)92-24-8-5-9-25-92)110-59-44-96(45-60-110)101-50-65-116-115-32-14-17-35-121(115)127(122(116)81-101,104-28-10-6-11-29-104)105-30-12-7-13-31-105/h5-74,77-83H,75-76H2,1-4H3. The van der Waals surface area contributed by atoms with Gasteiger partial charge >= 0.3 is 0 Å². The van der Waals surface area contributed by atoms with E-state index in [0.717, 1.165) is 119 Å². The van der Waals surface area contributed by atoms with Crippen molar-refractivity contribution in [1.29, 1.82) is 0 Å². The van der Waals surface area contributed by atoms with Gasteiger partial charge in [0.15, 0.2) is 0 Å². The van der Waals surface area contributed by atoms with Crippen molar-refractivity contribution in [2.45, 2.75) is 46.0 Å². The first-order valence-electron chi connectivity index (χ1n) is 45.7. The molecule has 628 valence electrons. The third-order valence-electron chi connectivity index (χ3n) is 26.6. The van der Waals surface area contributed by atoms with Crippen LogP contribution in [-0.2, 0) is 18.3 Å². The number of thiophene rings is 1. The zero-order valence-corrected chi connectivity index (χ0v) is 74.8. The maximum atomic E-state index is 6.42. The lowest BCUT2D eigenvalue weighted by molar-refractivity contribution is 0.669. The molecule has 0 spiro atoms. The lowest BCUT2D eigenvalue weighted by Gasteiger charge is -2.34. The number of anilines is 9. The number of aryl methyl sites for hydroxylation is 4. The van der Waals surface area contributed by atoms with Gasteiger partial charge in [-0.1, -0.05) is 322 Å². The number of furan rings is 1. The Hall–Kier alpha value is -16.2. The second-order valence-electron chi connectivity index (χ2n) is 35.5. The Labute approximate surface area is 775 Å². The van der Waals surface area contributed by atoms with E-state index in [9.17, 15) is 0 Å². The molecule has 0 N–H and O–H groups in total. The summed E-state index contributed by atoms with van der Waals surface area (Å²) in [5.41, 5.74) is 42.5. The molecule has 0 unspecified atom stereocenters. The Morgan fingerprint density at radius 3 is 1.05 bits per heavy atom. The van der Waals surface area contributed by atoms with Gasteiger partial charge in [0, 0.05) is 82.1 Å². The van der Waals surface area contributed by atoms with E-state index in [1.807, 2.05) is 23.5 Å². The first-order chi connectivity index (χ1) is 64.9. The van der Waals surface area contributed by atoms with Crippen molar-refractivity contribution in [3.63, 3.8) is 0 Å². The molecule has 0 amide bonds. The molecule has 5 heteroatoms. The Bertz CT molecular complexity index is 8020. The first-order valence-corrected chi connectivity index (χ1v) is 46.5. The fraction of sp³-hybridized carbons (Fsp3) is 0.0551. The van der Waals surface area contributed by atoms with Crippen LogP contribution in [0.3, 0.4) is 0 Å². The zero-order valence-electron chi connectivity index (χ0n) is 74.0. The molecular formula is C127H93N3OS. The molecule has 23 rings (SSSR count). The van der Waals surface area contributed by atoms with Gasteiger partial charge < -0.3 is 19.1 Å². The van der Waals surface area contributed by atoms with E-state index in [1.54, 1.807) is 0 Å². The molecule has 0 radical (unpaired) electrons. The SMILES string of the molecule is Cc1cc(C)cc(N(c2ccc(-c3cccc(Cc4cc(C)cc(N(c5ccc(-c6cccc(Cc7cc(C)cc(N(c8ccc(-c9ccccc9)cc8)c8ccc(-c9ccc%10c(c9)C(c9ccccc9)(c9ccccc9)c9ccccc9-%10)cc8)c7)c6)cc5)c5ccc(-c6ccc7c(c6)oc6ccccc67)cc5)c4)c3)cc2)c2ccc(-c3ccc4c(c3)sc3ccccc34)cc2)c1. The van der Waals surface area contributed by atoms with Crippen LogP contribution in [0.4, 0.5) is 51.2 Å². The second-order valence-corrected chi connectivity index (χ2v) is 36.6. The molecule has 0 saturated heterocycles. The van der Waals surface area contributed by atoms with Crippen molar-refractivity contribution in [2.75, 3.05) is 14.7 Å². The summed E-state index contributed by atoms with van der Waals surface area (Å²) in [5.74, 6) is 0. The summed E-state index contributed by atoms with van der Waals surface area (Å²) in [6.45, 7) is 8.84. The van der Waals surface area contributed by atoms with E-state index in [4.69, 9.17) is 4.42 Å². The Morgan fingerprint density at radius 2 is 0.545 bits per heavy atom. The largest absolute Gasteiger partial charge is 0.456 e. The molecule has 2 heterocycles. The molecule has 0 atom stereocenters. The van der Waals surface area contributed by atoms with Crippen LogP contribution in [0.2, 0.25) is 0 Å². The second kappa shape index (κ2) is 34.1. The predicted octanol–water partition coefficient (Wildman–Crippen LogP) is 35.1. The van der Waals surface area contributed by atoms with E-state index in [0.29, 0.717) is 0 Å². The molecule has 20 aromatic carbocycles. The molecule has 2 aromatic heterocycles. The van der Waals surface area contributed by atoms with Gasteiger partial charge in [-0.2, -0.15) is 0 Å². The van der Waals surface area contributed by atoms with Crippen molar-refractivity contribution in [2.24, 2.45) is 0 Å². The summed E-state index contributed by atoms with van der Waals surface area (Å²) in [4.78, 5) is 7.24. The van der Waals surface area contributed by atoms with Crippen LogP contribution in [0.25, 0.3) is 120 Å². The van der Waals surface area contributed by atoms with Gasteiger partial charge in [-0.05, 0) is 331 Å². The average Bonchev–Trinajstić information content (AvgIpc) is 1.53. The van der Waals surface area contributed by atoms with Crippen LogP contribution >= 0.6 is 11.3 Å². The Kier molecular flexibility index (Phi) is 20.8. The average molecular weight is 1710 g/mol. The number of rotatable bonds is 21. The summed E-state index contributed by atoms with van der Waals surface area (Å²) >= 11 is 1.86. The van der Waals surface area contributed by atoms with E-state index in [-0.39, 0.29) is 0 Å². The lowest BCUT2D eigenvalue weighted by Crippen LogP contribution is -2.28. The highest BCUT2D eigenvalue weighted by Gasteiger charge is 2.46. The number of para-hydroxylation sites is 1. The zero-order chi connectivity index (χ0) is 88.3. The molecule has 0 aliphatic heterocycles. The van der Waals surface area contributed by atoms with Crippen LogP contribution in [0.1, 0.15) is 66.8 Å². The van der Waals surface area contributed by atoms with Crippen molar-refractivity contribution in [3.8, 4) is 77.9 Å². The minimum Gasteiger partial charge on any atom is -0.456 e. The monoisotopic (exact) mass is 1710 g/mol. The predicted molar refractivity (Wildman–Crippen MR) is 558 cm³/mol. The van der Waals surface area contributed by atoms with Crippen LogP contribution in [0.5, 0.6) is 0 Å². The summed E-state index contributed by atoms with van der Waals surface area (Å²) in [6.07, 6.45) is 1.50. The lowest BCUT2D eigenvalue weighted by atomic mass is 9.67. The van der Waals surface area contributed by atoms with Crippen molar-refractivity contribution < 1.29 is 4.42 Å². The maximum absolute atomic E-state index is 6.42. The van der Waals surface area contributed by atoms with Crippen LogP contribution in [0.15, 0.2) is 472 Å². The Balaban J connectivity index is 0.538. The topological polar surface area (TPSA) is 22.9 Å². The Morgan fingerprint density at radius 1 is 0.205 bits per heavy atom. The van der Waals surface area contributed by atoms with Crippen LogP contribution in [-0.4, -0.2) is 0 Å². The summed E-state index contributed by atoms with van der Waals surface area (Å²) in [5, 5.41) is 4.88. The smallest absolute Gasteiger partial charge is 0.136 e. The van der Waals surface area contributed by atoms with Crippen molar-refractivity contribution >= 4 is 105 Å². The van der Waals surface area contributed by atoms with E-state index in [1.165, 1.54) is 131 Å². The third-order valence-corrected chi connectivity index (χ3v) is 27.8. The van der Waals surface area contributed by atoms with Gasteiger partial charge in [-0.25, -0.2) is 0 Å². The minimum atomic E-state index is -0.494. The molecule has 22 aromatic rings. The molecule has 132 heavy (non-hydrogen) atoms. The van der Waals surface area contributed by atoms with Gasteiger partial charge in [0.2, 0.25) is 0 Å². The quantitative estimate of drug-likeness (QED) is 0.0715. The summed E-state index contributed by atoms with van der Waals surface area (Å²) in [7, 11) is 0. The fourth-order valence-electron chi connectivity index (χ4n) is 20.6. The van der Waals surface area contributed by atoms with Gasteiger partial charge in [-0.3, -0.25) is 0 Å². The molecule has 0 saturated carbocycles. The normalized spacial score (nSPS) is 12.1.